The number of nitrogens with one attached hydrogen (secondary N) is 3. The van der Waals surface area contributed by atoms with Crippen LogP contribution >= 0.6 is 0 Å². The molecule has 3 N–H and O–H groups in total. The zero-order valence-electron chi connectivity index (χ0n) is 18.5. The van der Waals surface area contributed by atoms with E-state index in [1.54, 1.807) is 0 Å². The molecule has 0 bridgehead atoms. The van der Waals surface area contributed by atoms with Crippen LogP contribution < -0.4 is 30.2 Å². The van der Waals surface area contributed by atoms with E-state index in [4.69, 9.17) is 14.2 Å². The number of aliphatic imine (C=N–C) groups is 1. The van der Waals surface area contributed by atoms with Gasteiger partial charge in [0, 0.05) is 18.3 Å². The number of carbonyl (C=O) groups excluding carboxylic acids is 1. The normalized spacial score (nSPS) is 14.9. The molecule has 0 radical (unpaired) electrons. The Morgan fingerprint density at radius 2 is 1.91 bits per heavy atom. The lowest BCUT2D eigenvalue weighted by atomic mass is 10.1. The van der Waals surface area contributed by atoms with Gasteiger partial charge in [-0.05, 0) is 75.1 Å². The first-order valence-electron chi connectivity index (χ1n) is 11.0. The quantitative estimate of drug-likeness (QED) is 0.412. The summed E-state index contributed by atoms with van der Waals surface area (Å²) in [5.41, 5.74) is 1.99. The lowest BCUT2D eigenvalue weighted by Gasteiger charge is -2.14. The Bertz CT molecular complexity index is 955. The molecule has 1 fully saturated rings. The van der Waals surface area contributed by atoms with Gasteiger partial charge in [0.05, 0.1) is 6.10 Å². The van der Waals surface area contributed by atoms with Crippen molar-refractivity contribution in [3.63, 3.8) is 0 Å². The van der Waals surface area contributed by atoms with Crippen molar-refractivity contribution in [3.05, 3.63) is 48.0 Å². The SMILES string of the molecule is CC(C)Oc1ccc(NC(=NCC(=O)NC2CC2)NCCc2ccc3c(c2)OCO3)cc1. The Morgan fingerprint density at radius 1 is 1.12 bits per heavy atom. The van der Waals surface area contributed by atoms with Crippen molar-refractivity contribution in [1.29, 1.82) is 0 Å². The minimum absolute atomic E-state index is 0.0648. The molecular weight excluding hydrogens is 408 g/mol. The summed E-state index contributed by atoms with van der Waals surface area (Å²) in [5.74, 6) is 2.84. The van der Waals surface area contributed by atoms with E-state index in [2.05, 4.69) is 20.9 Å². The van der Waals surface area contributed by atoms with Crippen LogP contribution in [0.15, 0.2) is 47.5 Å². The molecule has 170 valence electrons. The standard InChI is InChI=1S/C24H30N4O4/c1-16(2)32-20-8-6-19(7-9-20)28-24(26-14-23(29)27-18-4-5-18)25-12-11-17-3-10-21-22(13-17)31-15-30-21/h3,6-10,13,16,18H,4-5,11-12,14-15H2,1-2H3,(H,27,29)(H2,25,26,28). The van der Waals surface area contributed by atoms with Gasteiger partial charge in [0.15, 0.2) is 17.5 Å². The molecule has 1 aliphatic carbocycles. The summed E-state index contributed by atoms with van der Waals surface area (Å²) in [7, 11) is 0. The number of nitrogens with zero attached hydrogens (tertiary/aromatic N) is 1. The van der Waals surface area contributed by atoms with Gasteiger partial charge in [-0.25, -0.2) is 4.99 Å². The predicted molar refractivity (Wildman–Crippen MR) is 124 cm³/mol. The minimum Gasteiger partial charge on any atom is -0.491 e. The van der Waals surface area contributed by atoms with Gasteiger partial charge < -0.3 is 30.2 Å². The van der Waals surface area contributed by atoms with Gasteiger partial charge >= 0.3 is 0 Å². The third kappa shape index (κ3) is 6.54. The van der Waals surface area contributed by atoms with Crippen LogP contribution in [0.2, 0.25) is 0 Å². The molecule has 0 saturated heterocycles. The fourth-order valence-corrected chi connectivity index (χ4v) is 3.24. The molecule has 1 heterocycles. The second-order valence-corrected chi connectivity index (χ2v) is 8.19. The summed E-state index contributed by atoms with van der Waals surface area (Å²) in [6.45, 7) is 4.97. The third-order valence-corrected chi connectivity index (χ3v) is 4.96. The average Bonchev–Trinajstić information content (AvgIpc) is 3.45. The van der Waals surface area contributed by atoms with Crippen LogP contribution in [0.25, 0.3) is 0 Å². The number of anilines is 1. The number of amides is 1. The Labute approximate surface area is 188 Å². The van der Waals surface area contributed by atoms with Crippen molar-refractivity contribution in [2.24, 2.45) is 4.99 Å². The molecule has 2 aliphatic rings. The number of fused-ring (bicyclic) bond motifs is 1. The first kappa shape index (κ1) is 21.8. The zero-order valence-corrected chi connectivity index (χ0v) is 18.5. The summed E-state index contributed by atoms with van der Waals surface area (Å²) in [4.78, 5) is 16.6. The van der Waals surface area contributed by atoms with Crippen molar-refractivity contribution in [3.8, 4) is 17.2 Å². The van der Waals surface area contributed by atoms with Crippen LogP contribution in [0.1, 0.15) is 32.3 Å². The van der Waals surface area contributed by atoms with Gasteiger partial charge in [0.1, 0.15) is 12.3 Å². The van der Waals surface area contributed by atoms with Crippen LogP contribution in [0, 0.1) is 0 Å². The maximum atomic E-state index is 12.1. The van der Waals surface area contributed by atoms with Gasteiger partial charge in [0.25, 0.3) is 0 Å². The largest absolute Gasteiger partial charge is 0.491 e. The smallest absolute Gasteiger partial charge is 0.242 e. The average molecular weight is 439 g/mol. The summed E-state index contributed by atoms with van der Waals surface area (Å²) in [6, 6.07) is 13.9. The van der Waals surface area contributed by atoms with Crippen molar-refractivity contribution >= 4 is 17.6 Å². The van der Waals surface area contributed by atoms with Crippen LogP contribution in [-0.2, 0) is 11.2 Å². The van der Waals surface area contributed by atoms with E-state index in [-0.39, 0.29) is 25.3 Å². The van der Waals surface area contributed by atoms with Crippen molar-refractivity contribution < 1.29 is 19.0 Å². The van der Waals surface area contributed by atoms with Crippen LogP contribution in [0.3, 0.4) is 0 Å². The Balaban J connectivity index is 1.35. The molecule has 8 heteroatoms. The van der Waals surface area contributed by atoms with Crippen LogP contribution in [-0.4, -0.2) is 43.9 Å². The van der Waals surface area contributed by atoms with E-state index in [0.717, 1.165) is 47.8 Å². The third-order valence-electron chi connectivity index (χ3n) is 4.96. The highest BCUT2D eigenvalue weighted by Crippen LogP contribution is 2.32. The van der Waals surface area contributed by atoms with Crippen molar-refractivity contribution in [1.82, 2.24) is 10.6 Å². The van der Waals surface area contributed by atoms with Crippen molar-refractivity contribution in [2.75, 3.05) is 25.2 Å². The van der Waals surface area contributed by atoms with E-state index in [9.17, 15) is 4.79 Å². The minimum atomic E-state index is -0.0648. The van der Waals surface area contributed by atoms with E-state index in [0.29, 0.717) is 18.5 Å². The molecule has 1 amide bonds. The van der Waals surface area contributed by atoms with E-state index >= 15 is 0 Å². The molecule has 0 unspecified atom stereocenters. The Kier molecular flexibility index (Phi) is 6.99. The molecule has 8 nitrogen and oxygen atoms in total. The maximum absolute atomic E-state index is 12.1. The lowest BCUT2D eigenvalue weighted by Crippen LogP contribution is -2.34. The molecule has 32 heavy (non-hydrogen) atoms. The molecule has 2 aromatic rings. The Morgan fingerprint density at radius 3 is 2.66 bits per heavy atom. The zero-order chi connectivity index (χ0) is 22.3. The number of benzene rings is 2. The second-order valence-electron chi connectivity index (χ2n) is 8.19. The number of hydrogen-bond donors (Lipinski definition) is 3. The van der Waals surface area contributed by atoms with Gasteiger partial charge in [-0.2, -0.15) is 0 Å². The van der Waals surface area contributed by atoms with E-state index in [1.807, 2.05) is 56.3 Å². The number of ether oxygens (including phenoxy) is 3. The first-order valence-corrected chi connectivity index (χ1v) is 11.0. The summed E-state index contributed by atoms with van der Waals surface area (Å²) in [6.07, 6.45) is 3.00. The fraction of sp³-hybridized carbons (Fsp3) is 0.417. The lowest BCUT2D eigenvalue weighted by molar-refractivity contribution is -0.119. The summed E-state index contributed by atoms with van der Waals surface area (Å²) in [5, 5.41) is 9.54. The van der Waals surface area contributed by atoms with E-state index in [1.165, 1.54) is 0 Å². The number of carbonyl (C=O) groups is 1. The fourth-order valence-electron chi connectivity index (χ4n) is 3.24. The monoisotopic (exact) mass is 438 g/mol. The van der Waals surface area contributed by atoms with Gasteiger partial charge in [0.2, 0.25) is 12.7 Å². The van der Waals surface area contributed by atoms with Gasteiger partial charge in [-0.15, -0.1) is 0 Å². The predicted octanol–water partition coefficient (Wildman–Crippen LogP) is 3.08. The molecule has 0 spiro atoms. The molecule has 0 atom stereocenters. The van der Waals surface area contributed by atoms with Gasteiger partial charge in [-0.1, -0.05) is 6.07 Å². The van der Waals surface area contributed by atoms with Crippen LogP contribution in [0.4, 0.5) is 5.69 Å². The summed E-state index contributed by atoms with van der Waals surface area (Å²) >= 11 is 0. The molecule has 4 rings (SSSR count). The summed E-state index contributed by atoms with van der Waals surface area (Å²) < 4.78 is 16.5. The Hall–Kier alpha value is -3.42. The number of guanidine groups is 1. The molecule has 0 aromatic heterocycles. The first-order chi connectivity index (χ1) is 15.5. The highest BCUT2D eigenvalue weighted by atomic mass is 16.7. The maximum Gasteiger partial charge on any atom is 0.242 e. The second kappa shape index (κ2) is 10.3. The number of rotatable bonds is 9. The molecule has 2 aromatic carbocycles. The van der Waals surface area contributed by atoms with E-state index < -0.39 is 0 Å². The topological polar surface area (TPSA) is 93.2 Å². The highest BCUT2D eigenvalue weighted by molar-refractivity contribution is 5.95. The molecule has 1 saturated carbocycles. The van der Waals surface area contributed by atoms with Gasteiger partial charge in [-0.3, -0.25) is 4.79 Å². The molecule has 1 aliphatic heterocycles. The highest BCUT2D eigenvalue weighted by Gasteiger charge is 2.22. The van der Waals surface area contributed by atoms with Crippen LogP contribution in [0.5, 0.6) is 17.2 Å². The van der Waals surface area contributed by atoms with Crippen molar-refractivity contribution in [2.45, 2.75) is 45.3 Å². The number of hydrogen-bond acceptors (Lipinski definition) is 5. The molecular formula is C24H30N4O4.